The van der Waals surface area contributed by atoms with Crippen LogP contribution in [0.1, 0.15) is 33.3 Å². The van der Waals surface area contributed by atoms with Crippen molar-refractivity contribution in [1.82, 2.24) is 10.2 Å². The number of halogens is 1. The molecular weight excluding hydrogens is 388 g/mol. The normalized spacial score (nSPS) is 16.1. The zero-order chi connectivity index (χ0) is 20.4. The number of hydrogen-bond donors (Lipinski definition) is 1. The summed E-state index contributed by atoms with van der Waals surface area (Å²) in [5, 5.41) is 4.74. The minimum atomic E-state index is -0.207. The van der Waals surface area contributed by atoms with Crippen molar-refractivity contribution in [2.24, 2.45) is 0 Å². The number of fused-ring (bicyclic) bond motifs is 1. The van der Waals surface area contributed by atoms with Crippen LogP contribution in [0.4, 0.5) is 0 Å². The molecule has 0 radical (unpaired) electrons. The van der Waals surface area contributed by atoms with E-state index < -0.39 is 0 Å². The van der Waals surface area contributed by atoms with Gasteiger partial charge in [0.2, 0.25) is 0 Å². The summed E-state index contributed by atoms with van der Waals surface area (Å²) in [4.78, 5) is 15.2. The van der Waals surface area contributed by atoms with E-state index in [1.807, 2.05) is 56.3 Å². The third kappa shape index (κ3) is 4.17. The fraction of sp³-hybridized carbons (Fsp3) is 0.348. The molecule has 1 atom stereocenters. The molecule has 0 aliphatic carbocycles. The number of aryl methyl sites for hydroxylation is 2. The minimum absolute atomic E-state index is 0.0246. The number of nitrogens with one attached hydrogen (secondary N) is 1. The molecule has 1 aliphatic rings. The summed E-state index contributed by atoms with van der Waals surface area (Å²) in [6.07, 6.45) is 0. The van der Waals surface area contributed by atoms with Crippen LogP contribution in [0.15, 0.2) is 46.9 Å². The topological polar surface area (TPSA) is 54.7 Å². The van der Waals surface area contributed by atoms with Gasteiger partial charge in [0, 0.05) is 35.6 Å². The molecule has 3 aromatic rings. The van der Waals surface area contributed by atoms with Crippen LogP contribution in [0.5, 0.6) is 0 Å². The van der Waals surface area contributed by atoms with E-state index in [1.165, 1.54) is 0 Å². The Balaban J connectivity index is 1.56. The summed E-state index contributed by atoms with van der Waals surface area (Å²) in [6.45, 7) is 7.33. The highest BCUT2D eigenvalue weighted by atomic mass is 35.5. The Hall–Kier alpha value is -2.34. The molecule has 5 nitrogen and oxygen atoms in total. The van der Waals surface area contributed by atoms with Crippen molar-refractivity contribution in [3.05, 3.63) is 69.9 Å². The lowest BCUT2D eigenvalue weighted by Crippen LogP contribution is -2.44. The van der Waals surface area contributed by atoms with Gasteiger partial charge in [0.05, 0.1) is 19.3 Å². The van der Waals surface area contributed by atoms with Crippen LogP contribution >= 0.6 is 11.6 Å². The molecule has 6 heteroatoms. The Morgan fingerprint density at radius 3 is 2.69 bits per heavy atom. The third-order valence-electron chi connectivity index (χ3n) is 5.51. The Bertz CT molecular complexity index is 1020. The molecule has 2 heterocycles. The van der Waals surface area contributed by atoms with Gasteiger partial charge in [-0.3, -0.25) is 9.69 Å². The molecule has 1 aliphatic heterocycles. The van der Waals surface area contributed by atoms with Crippen molar-refractivity contribution in [2.45, 2.75) is 19.9 Å². The standard InChI is InChI=1S/C23H25ClN2O3/c1-15-7-8-17-16(2)22(29-21(17)13-15)23(27)25-14-20(26-9-11-28-12-10-26)18-5-3-4-6-19(18)24/h3-8,13,20H,9-12,14H2,1-2H3,(H,25,27). The smallest absolute Gasteiger partial charge is 0.287 e. The first-order valence-electron chi connectivity index (χ1n) is 9.89. The zero-order valence-corrected chi connectivity index (χ0v) is 17.5. The molecule has 29 heavy (non-hydrogen) atoms. The maximum absolute atomic E-state index is 12.9. The number of nitrogens with zero attached hydrogens (tertiary/aromatic N) is 1. The quantitative estimate of drug-likeness (QED) is 0.670. The molecule has 0 spiro atoms. The third-order valence-corrected chi connectivity index (χ3v) is 5.85. The number of benzene rings is 2. The van der Waals surface area contributed by atoms with E-state index in [-0.39, 0.29) is 11.9 Å². The Morgan fingerprint density at radius 1 is 1.17 bits per heavy atom. The number of ether oxygens (including phenoxy) is 1. The molecule has 1 fully saturated rings. The van der Waals surface area contributed by atoms with Gasteiger partial charge in [-0.1, -0.05) is 41.9 Å². The number of carbonyl (C=O) groups excluding carboxylic acids is 1. The van der Waals surface area contributed by atoms with Crippen LogP contribution in [0.3, 0.4) is 0 Å². The number of amides is 1. The maximum Gasteiger partial charge on any atom is 0.287 e. The van der Waals surface area contributed by atoms with Crippen molar-refractivity contribution < 1.29 is 13.9 Å². The second-order valence-corrected chi connectivity index (χ2v) is 7.86. The number of furan rings is 1. The Labute approximate surface area is 175 Å². The first-order valence-corrected chi connectivity index (χ1v) is 10.3. The van der Waals surface area contributed by atoms with Crippen LogP contribution in [0.25, 0.3) is 11.0 Å². The second-order valence-electron chi connectivity index (χ2n) is 7.45. The van der Waals surface area contributed by atoms with Crippen LogP contribution in [0, 0.1) is 13.8 Å². The van der Waals surface area contributed by atoms with Gasteiger partial charge in [0.25, 0.3) is 5.91 Å². The number of carbonyl (C=O) groups is 1. The highest BCUT2D eigenvalue weighted by molar-refractivity contribution is 6.31. The van der Waals surface area contributed by atoms with Crippen molar-refractivity contribution in [3.63, 3.8) is 0 Å². The number of rotatable bonds is 5. The summed E-state index contributed by atoms with van der Waals surface area (Å²) in [6, 6.07) is 13.8. The lowest BCUT2D eigenvalue weighted by atomic mass is 10.0. The van der Waals surface area contributed by atoms with E-state index in [0.29, 0.717) is 30.5 Å². The van der Waals surface area contributed by atoms with Gasteiger partial charge in [-0.2, -0.15) is 0 Å². The SMILES string of the molecule is Cc1ccc2c(C)c(C(=O)NCC(c3ccccc3Cl)N3CCOCC3)oc2c1. The number of morpholine rings is 1. The van der Waals surface area contributed by atoms with Gasteiger partial charge < -0.3 is 14.5 Å². The van der Waals surface area contributed by atoms with Gasteiger partial charge in [0.15, 0.2) is 5.76 Å². The Morgan fingerprint density at radius 2 is 1.93 bits per heavy atom. The summed E-state index contributed by atoms with van der Waals surface area (Å²) in [5.41, 5.74) is 3.71. The summed E-state index contributed by atoms with van der Waals surface area (Å²) < 4.78 is 11.4. The zero-order valence-electron chi connectivity index (χ0n) is 16.7. The van der Waals surface area contributed by atoms with E-state index in [0.717, 1.165) is 40.7 Å². The molecular formula is C23H25ClN2O3. The van der Waals surface area contributed by atoms with Crippen LogP contribution in [0.2, 0.25) is 5.02 Å². The average Bonchev–Trinajstić information content (AvgIpc) is 3.06. The van der Waals surface area contributed by atoms with Gasteiger partial charge in [-0.15, -0.1) is 0 Å². The minimum Gasteiger partial charge on any atom is -0.451 e. The van der Waals surface area contributed by atoms with E-state index in [9.17, 15) is 4.79 Å². The van der Waals surface area contributed by atoms with E-state index in [4.69, 9.17) is 20.8 Å². The lowest BCUT2D eigenvalue weighted by Gasteiger charge is -2.35. The van der Waals surface area contributed by atoms with Crippen molar-refractivity contribution in [3.8, 4) is 0 Å². The second kappa shape index (κ2) is 8.57. The first kappa shape index (κ1) is 20.0. The lowest BCUT2D eigenvalue weighted by molar-refractivity contribution is 0.0162. The Kier molecular flexibility index (Phi) is 5.90. The molecule has 152 valence electrons. The van der Waals surface area contributed by atoms with Crippen LogP contribution in [-0.2, 0) is 4.74 Å². The molecule has 1 amide bonds. The van der Waals surface area contributed by atoms with Crippen molar-refractivity contribution >= 4 is 28.5 Å². The average molecular weight is 413 g/mol. The van der Waals surface area contributed by atoms with Gasteiger partial charge in [-0.05, 0) is 37.1 Å². The van der Waals surface area contributed by atoms with E-state index >= 15 is 0 Å². The predicted molar refractivity (Wildman–Crippen MR) is 115 cm³/mol. The van der Waals surface area contributed by atoms with Crippen molar-refractivity contribution in [1.29, 1.82) is 0 Å². The summed E-state index contributed by atoms with van der Waals surface area (Å²) in [7, 11) is 0. The van der Waals surface area contributed by atoms with E-state index in [2.05, 4.69) is 10.2 Å². The monoisotopic (exact) mass is 412 g/mol. The van der Waals surface area contributed by atoms with Gasteiger partial charge in [-0.25, -0.2) is 0 Å². The molecule has 2 aromatic carbocycles. The molecule has 0 bridgehead atoms. The fourth-order valence-corrected chi connectivity index (χ4v) is 4.15. The molecule has 4 rings (SSSR count). The molecule has 1 unspecified atom stereocenters. The summed E-state index contributed by atoms with van der Waals surface area (Å²) >= 11 is 6.47. The molecule has 1 saturated heterocycles. The first-order chi connectivity index (χ1) is 14.0. The van der Waals surface area contributed by atoms with E-state index in [1.54, 1.807) is 0 Å². The largest absolute Gasteiger partial charge is 0.451 e. The van der Waals surface area contributed by atoms with Crippen LogP contribution in [-0.4, -0.2) is 43.7 Å². The fourth-order valence-electron chi connectivity index (χ4n) is 3.89. The number of hydrogen-bond acceptors (Lipinski definition) is 4. The molecule has 1 aromatic heterocycles. The molecule has 0 saturated carbocycles. The predicted octanol–water partition coefficient (Wildman–Crippen LogP) is 4.51. The van der Waals surface area contributed by atoms with Gasteiger partial charge >= 0.3 is 0 Å². The highest BCUT2D eigenvalue weighted by Gasteiger charge is 2.26. The van der Waals surface area contributed by atoms with Gasteiger partial charge in [0.1, 0.15) is 5.58 Å². The summed E-state index contributed by atoms with van der Waals surface area (Å²) in [5.74, 6) is 0.159. The maximum atomic E-state index is 12.9. The van der Waals surface area contributed by atoms with Crippen molar-refractivity contribution in [2.75, 3.05) is 32.8 Å². The van der Waals surface area contributed by atoms with Crippen LogP contribution < -0.4 is 5.32 Å². The molecule has 1 N–H and O–H groups in total. The highest BCUT2D eigenvalue weighted by Crippen LogP contribution is 2.29.